The zero-order valence-electron chi connectivity index (χ0n) is 21.9. The van der Waals surface area contributed by atoms with E-state index in [-0.39, 0.29) is 25.7 Å². The van der Waals surface area contributed by atoms with Gasteiger partial charge in [0.25, 0.3) is 0 Å². The number of thiazole rings is 1. The molecule has 6 nitrogen and oxygen atoms in total. The van der Waals surface area contributed by atoms with Crippen LogP contribution < -0.4 is 5.31 Å². The van der Waals surface area contributed by atoms with Gasteiger partial charge in [0.05, 0.1) is 6.93 Å². The Balaban J connectivity index is 1.75. The van der Waals surface area contributed by atoms with Crippen LogP contribution in [0.5, 0.6) is 0 Å². The van der Waals surface area contributed by atoms with E-state index in [4.69, 9.17) is 27.9 Å². The normalized spacial score (nSPS) is 25.6. The molecular weight excluding hydrogens is 406 g/mol. The van der Waals surface area contributed by atoms with Gasteiger partial charge in [0.15, 0.2) is 23.3 Å². The highest BCUT2D eigenvalue weighted by Crippen LogP contribution is 2.28. The van der Waals surface area contributed by atoms with Gasteiger partial charge in [-0.05, 0) is 30.4 Å². The molecule has 28 heavy (non-hydrogen) atoms. The van der Waals surface area contributed by atoms with Gasteiger partial charge in [-0.25, -0.2) is 23.7 Å². The van der Waals surface area contributed by atoms with E-state index < -0.39 is 67.7 Å². The summed E-state index contributed by atoms with van der Waals surface area (Å²) in [5, 5.41) is 9.22. The lowest BCUT2D eigenvalue weighted by Crippen LogP contribution is -2.38. The van der Waals surface area contributed by atoms with E-state index >= 15 is 0 Å². The Hall–Kier alpha value is -2.41. The molecule has 1 fully saturated rings. The first-order valence-electron chi connectivity index (χ1n) is 11.8. The molecule has 0 radical (unpaired) electrons. The van der Waals surface area contributed by atoms with E-state index in [0.717, 1.165) is 22.3 Å². The lowest BCUT2D eigenvalue weighted by Gasteiger charge is -2.32. The van der Waals surface area contributed by atoms with Gasteiger partial charge < -0.3 is 5.31 Å². The first-order chi connectivity index (χ1) is 16.6. The quantitative estimate of drug-likeness (QED) is 0.677. The number of rotatable bonds is 4. The Morgan fingerprint density at radius 1 is 1.50 bits per heavy atom. The number of likely N-dealkylation sites (tertiary alicyclic amines) is 1. The third-order valence-electron chi connectivity index (χ3n) is 3.72. The number of benzene rings is 1. The van der Waals surface area contributed by atoms with Crippen LogP contribution in [-0.2, 0) is 6.52 Å². The minimum absolute atomic E-state index is 0.0141. The third-order valence-corrected chi connectivity index (χ3v) is 4.78. The maximum Gasteiger partial charge on any atom is 0.186 e. The zero-order valence-corrected chi connectivity index (χ0v) is 15.4. The molecule has 1 aliphatic rings. The topological polar surface area (TPSA) is 77.7 Å². The van der Waals surface area contributed by atoms with Crippen molar-refractivity contribution in [2.24, 2.45) is 0 Å². The smallest absolute Gasteiger partial charge is 0.186 e. The number of hydrogen-bond donors (Lipinski definition) is 1. The van der Waals surface area contributed by atoms with Crippen molar-refractivity contribution in [2.45, 2.75) is 25.3 Å². The second-order valence-corrected chi connectivity index (χ2v) is 7.15. The van der Waals surface area contributed by atoms with Gasteiger partial charge in [0.2, 0.25) is 0 Å². The lowest BCUT2D eigenvalue weighted by molar-refractivity contribution is 0.211. The fraction of sp³-hybridized carbons (Fsp3) is 0.333. The predicted octanol–water partition coefficient (Wildman–Crippen LogP) is 3.97. The lowest BCUT2D eigenvalue weighted by atomic mass is 10.0. The van der Waals surface area contributed by atoms with Crippen molar-refractivity contribution in [1.82, 2.24) is 19.9 Å². The summed E-state index contributed by atoms with van der Waals surface area (Å²) >= 11 is 6.77. The van der Waals surface area contributed by atoms with Gasteiger partial charge in [-0.3, -0.25) is 4.90 Å². The summed E-state index contributed by atoms with van der Waals surface area (Å²) < 4.78 is 95.6. The summed E-state index contributed by atoms with van der Waals surface area (Å²) in [6.45, 7) is -3.15. The summed E-state index contributed by atoms with van der Waals surface area (Å²) in [5.74, 6) is -3.29. The molecule has 4 rings (SSSR count). The van der Waals surface area contributed by atoms with Crippen LogP contribution >= 0.6 is 22.9 Å². The molecule has 1 aromatic carbocycles. The first-order valence-corrected chi connectivity index (χ1v) is 8.97. The van der Waals surface area contributed by atoms with Gasteiger partial charge >= 0.3 is 0 Å². The van der Waals surface area contributed by atoms with Crippen LogP contribution in [0.4, 0.5) is 14.6 Å². The van der Waals surface area contributed by atoms with Crippen molar-refractivity contribution in [3.63, 3.8) is 0 Å². The maximum absolute atomic E-state index is 14.0. The standard InChI is InChI=1S/C18H15ClF2N6S/c19-18-26-15-16(23-9-24-17(15)28-18)25-12-1-3-27(4-2-12)8-10-5-11(7-22)14(21)13(20)6-10/h5-6,9,12H,1-4,8H2,(H,23,24,25)/i1D2,2D2,8D,9D,12D/hD. The Labute approximate surface area is 180 Å². The van der Waals surface area contributed by atoms with E-state index in [0.29, 0.717) is 6.07 Å². The summed E-state index contributed by atoms with van der Waals surface area (Å²) in [6.07, 6.45) is -6.28. The average Bonchev–Trinajstić information content (AvgIpc) is 3.16. The van der Waals surface area contributed by atoms with Crippen molar-refractivity contribution in [2.75, 3.05) is 18.4 Å². The third kappa shape index (κ3) is 3.90. The summed E-state index contributed by atoms with van der Waals surface area (Å²) in [7, 11) is 0. The van der Waals surface area contributed by atoms with E-state index in [1.54, 1.807) is 0 Å². The number of piperidine rings is 1. The average molecular weight is 429 g/mol. The van der Waals surface area contributed by atoms with Crippen molar-refractivity contribution in [1.29, 1.82) is 5.26 Å². The van der Waals surface area contributed by atoms with Gasteiger partial charge in [-0.1, -0.05) is 22.9 Å². The van der Waals surface area contributed by atoms with Gasteiger partial charge in [0, 0.05) is 32.5 Å². The largest absolute Gasteiger partial charge is 0.365 e. The van der Waals surface area contributed by atoms with Gasteiger partial charge in [-0.2, -0.15) is 5.26 Å². The molecule has 1 aliphatic heterocycles. The van der Waals surface area contributed by atoms with Crippen LogP contribution in [0.25, 0.3) is 10.3 Å². The minimum Gasteiger partial charge on any atom is -0.365 e. The second-order valence-electron chi connectivity index (χ2n) is 5.59. The number of nitrogens with one attached hydrogen (secondary N) is 1. The fourth-order valence-electron chi connectivity index (χ4n) is 2.48. The summed E-state index contributed by atoms with van der Waals surface area (Å²) in [5.41, 5.74) is -0.995. The van der Waals surface area contributed by atoms with E-state index in [2.05, 4.69) is 15.0 Å². The molecule has 3 aromatic rings. The molecule has 10 heteroatoms. The fourth-order valence-corrected chi connectivity index (χ4v) is 3.40. The Bertz CT molecular complexity index is 1380. The zero-order chi connectivity index (χ0) is 26.8. The maximum atomic E-state index is 14.0. The Morgan fingerprint density at radius 2 is 2.29 bits per heavy atom. The number of nitrogens with zero attached hydrogens (tertiary/aromatic N) is 5. The van der Waals surface area contributed by atoms with Crippen LogP contribution in [0, 0.1) is 23.0 Å². The molecule has 0 amide bonds. The molecule has 1 atom stereocenters. The van der Waals surface area contributed by atoms with Crippen LogP contribution in [0.3, 0.4) is 0 Å². The highest BCUT2D eigenvalue weighted by atomic mass is 35.5. The molecule has 0 bridgehead atoms. The van der Waals surface area contributed by atoms with Gasteiger partial charge in [-0.15, -0.1) is 0 Å². The van der Waals surface area contributed by atoms with E-state index in [9.17, 15) is 8.78 Å². The molecule has 3 heterocycles. The van der Waals surface area contributed by atoms with Crippen molar-refractivity contribution >= 4 is 39.1 Å². The number of hydrogen-bond acceptors (Lipinski definition) is 7. The van der Waals surface area contributed by atoms with E-state index in [1.165, 1.54) is 6.07 Å². The summed E-state index contributed by atoms with van der Waals surface area (Å²) in [4.78, 5) is 12.6. The monoisotopic (exact) mass is 428 g/mol. The van der Waals surface area contributed by atoms with Gasteiger partial charge in [0.1, 0.15) is 24.1 Å². The summed E-state index contributed by atoms with van der Waals surface area (Å²) in [6, 6.07) is 0.0801. The van der Waals surface area contributed by atoms with Crippen LogP contribution in [0.15, 0.2) is 18.4 Å². The van der Waals surface area contributed by atoms with E-state index in [1.807, 2.05) is 0 Å². The molecule has 2 aromatic heterocycles. The van der Waals surface area contributed by atoms with Crippen molar-refractivity contribution in [3.8, 4) is 6.07 Å². The van der Waals surface area contributed by atoms with Crippen molar-refractivity contribution < 1.29 is 19.8 Å². The Morgan fingerprint density at radius 3 is 3.04 bits per heavy atom. The molecule has 0 aliphatic carbocycles. The second kappa shape index (κ2) is 7.91. The first kappa shape index (κ1) is 11.6. The number of anilines is 1. The SMILES string of the molecule is [2H]c1nc(N([2H])C2([2H])C([2H])([2H])CN(C([2H])c3cc(F)c(F)c(C#N)c3)CC2([2H])[2H])c2nc(Cl)sc2n1. The molecule has 144 valence electrons. The van der Waals surface area contributed by atoms with Crippen LogP contribution in [0.1, 0.15) is 33.5 Å². The molecular formula is C18H15ClF2N6S. The number of halogens is 3. The number of nitriles is 1. The molecule has 1 saturated heterocycles. The van der Waals surface area contributed by atoms with Crippen LogP contribution in [0.2, 0.25) is 5.88 Å². The Kier molecular flexibility index (Phi) is 3.27. The molecule has 1 unspecified atom stereocenters. The highest BCUT2D eigenvalue weighted by Gasteiger charge is 2.22. The van der Waals surface area contributed by atoms with Crippen molar-refractivity contribution in [3.05, 3.63) is 45.7 Å². The van der Waals surface area contributed by atoms with Crippen LogP contribution in [-0.4, -0.2) is 39.0 Å². The molecule has 0 spiro atoms. The number of aromatic nitrogens is 3. The molecule has 1 N–H and O–H groups in total. The predicted molar refractivity (Wildman–Crippen MR) is 103 cm³/mol. The minimum atomic E-state index is -2.97. The number of fused-ring (bicyclic) bond motifs is 1. The molecule has 0 saturated carbocycles. The highest BCUT2D eigenvalue weighted by molar-refractivity contribution is 7.21.